The molecule has 1 atom stereocenters. The van der Waals surface area contributed by atoms with E-state index in [1.807, 2.05) is 28.5 Å². The van der Waals surface area contributed by atoms with Gasteiger partial charge in [0.1, 0.15) is 6.04 Å². The molecule has 130 valence electrons. The Morgan fingerprint density at radius 3 is 2.96 bits per heavy atom. The fraction of sp³-hybridized carbons (Fsp3) is 0.556. The molecule has 0 aromatic carbocycles. The number of nitrogens with zero attached hydrogens (tertiary/aromatic N) is 3. The summed E-state index contributed by atoms with van der Waals surface area (Å²) in [6.45, 7) is 8.62. The van der Waals surface area contributed by atoms with Crippen molar-refractivity contribution in [3.63, 3.8) is 0 Å². The Kier molecular flexibility index (Phi) is 5.68. The third-order valence-electron chi connectivity index (χ3n) is 4.81. The average molecular weight is 347 g/mol. The molecule has 0 N–H and O–H groups in total. The monoisotopic (exact) mass is 347 g/mol. The minimum atomic E-state index is -0.287. The maximum Gasteiger partial charge on any atom is 0.245 e. The molecule has 3 rings (SSSR count). The third kappa shape index (κ3) is 3.87. The van der Waals surface area contributed by atoms with Gasteiger partial charge in [-0.15, -0.1) is 17.9 Å². The molecule has 2 aliphatic heterocycles. The van der Waals surface area contributed by atoms with Gasteiger partial charge in [0.05, 0.1) is 6.54 Å². The zero-order valence-electron chi connectivity index (χ0n) is 14.0. The molecule has 2 fully saturated rings. The van der Waals surface area contributed by atoms with Crippen LogP contribution in [0.3, 0.4) is 0 Å². The first kappa shape index (κ1) is 17.2. The molecular formula is C18H25N3O2S. The van der Waals surface area contributed by atoms with E-state index in [2.05, 4.69) is 11.5 Å². The van der Waals surface area contributed by atoms with Crippen molar-refractivity contribution in [2.24, 2.45) is 0 Å². The van der Waals surface area contributed by atoms with Crippen LogP contribution in [0.2, 0.25) is 0 Å². The summed E-state index contributed by atoms with van der Waals surface area (Å²) in [4.78, 5) is 32.4. The number of hydrogen-bond acceptors (Lipinski definition) is 4. The zero-order valence-corrected chi connectivity index (χ0v) is 14.8. The van der Waals surface area contributed by atoms with Crippen molar-refractivity contribution in [2.75, 3.05) is 32.7 Å². The van der Waals surface area contributed by atoms with Crippen LogP contribution in [-0.2, 0) is 16.1 Å². The van der Waals surface area contributed by atoms with Gasteiger partial charge < -0.3 is 9.80 Å². The highest BCUT2D eigenvalue weighted by atomic mass is 32.1. The number of rotatable bonds is 5. The summed E-state index contributed by atoms with van der Waals surface area (Å²) in [5.41, 5.74) is 0. The highest BCUT2D eigenvalue weighted by molar-refractivity contribution is 7.09. The fourth-order valence-corrected chi connectivity index (χ4v) is 4.23. The maximum absolute atomic E-state index is 13.0. The van der Waals surface area contributed by atoms with Gasteiger partial charge in [-0.3, -0.25) is 14.5 Å². The van der Waals surface area contributed by atoms with Crippen LogP contribution in [0.25, 0.3) is 0 Å². The number of likely N-dealkylation sites (tertiary alicyclic amines) is 1. The lowest BCUT2D eigenvalue weighted by Gasteiger charge is -2.29. The summed E-state index contributed by atoms with van der Waals surface area (Å²) in [5.74, 6) is 0.225. The number of carbonyl (C=O) groups excluding carboxylic acids is 2. The van der Waals surface area contributed by atoms with Crippen LogP contribution in [0.15, 0.2) is 30.2 Å². The van der Waals surface area contributed by atoms with Crippen LogP contribution in [0.5, 0.6) is 0 Å². The number of thiophene rings is 1. The normalized spacial score (nSPS) is 22.7. The molecule has 1 aromatic heterocycles. The quantitative estimate of drug-likeness (QED) is 0.765. The first-order valence-corrected chi connectivity index (χ1v) is 9.51. The summed E-state index contributed by atoms with van der Waals surface area (Å²) < 4.78 is 0. The van der Waals surface area contributed by atoms with Crippen LogP contribution >= 0.6 is 11.3 Å². The van der Waals surface area contributed by atoms with Gasteiger partial charge in [0.15, 0.2) is 0 Å². The summed E-state index contributed by atoms with van der Waals surface area (Å²) in [7, 11) is 0. The minimum absolute atomic E-state index is 0.102. The second kappa shape index (κ2) is 7.94. The molecule has 0 saturated carbocycles. The highest BCUT2D eigenvalue weighted by Crippen LogP contribution is 2.25. The fourth-order valence-electron chi connectivity index (χ4n) is 3.53. The van der Waals surface area contributed by atoms with Gasteiger partial charge in [-0.05, 0) is 24.3 Å². The Morgan fingerprint density at radius 2 is 2.21 bits per heavy atom. The van der Waals surface area contributed by atoms with Crippen molar-refractivity contribution in [2.45, 2.75) is 31.8 Å². The molecule has 1 aromatic rings. The van der Waals surface area contributed by atoms with Crippen LogP contribution in [-0.4, -0.2) is 65.3 Å². The van der Waals surface area contributed by atoms with E-state index in [0.29, 0.717) is 19.4 Å². The molecule has 6 heteroatoms. The van der Waals surface area contributed by atoms with Crippen molar-refractivity contribution in [1.82, 2.24) is 14.7 Å². The molecular weight excluding hydrogens is 322 g/mol. The Hall–Kier alpha value is -1.66. The standard InChI is InChI=1S/C18H25N3O2S/c1-2-8-19-9-4-10-20(12-11-19)18(23)16-6-7-17(22)21(16)14-15-5-3-13-24-15/h2-3,5,13,16H,1,4,6-12,14H2. The van der Waals surface area contributed by atoms with Gasteiger partial charge in [-0.25, -0.2) is 0 Å². The Labute approximate surface area is 147 Å². The second-order valence-electron chi connectivity index (χ2n) is 6.42. The van der Waals surface area contributed by atoms with Gasteiger partial charge in [-0.2, -0.15) is 0 Å². The molecule has 1 unspecified atom stereocenters. The lowest BCUT2D eigenvalue weighted by atomic mass is 10.2. The second-order valence-corrected chi connectivity index (χ2v) is 7.46. The average Bonchev–Trinajstić information content (AvgIpc) is 3.14. The smallest absolute Gasteiger partial charge is 0.245 e. The van der Waals surface area contributed by atoms with E-state index in [9.17, 15) is 9.59 Å². The first-order chi connectivity index (χ1) is 11.7. The first-order valence-electron chi connectivity index (χ1n) is 8.63. The summed E-state index contributed by atoms with van der Waals surface area (Å²) in [6, 6.07) is 3.72. The predicted molar refractivity (Wildman–Crippen MR) is 95.7 cm³/mol. The van der Waals surface area contributed by atoms with Crippen molar-refractivity contribution in [3.05, 3.63) is 35.0 Å². The Morgan fingerprint density at radius 1 is 1.33 bits per heavy atom. The zero-order chi connectivity index (χ0) is 16.9. The topological polar surface area (TPSA) is 43.9 Å². The van der Waals surface area contributed by atoms with Gasteiger partial charge in [0.2, 0.25) is 11.8 Å². The van der Waals surface area contributed by atoms with Crippen molar-refractivity contribution in [3.8, 4) is 0 Å². The number of hydrogen-bond donors (Lipinski definition) is 0. The van der Waals surface area contributed by atoms with E-state index in [4.69, 9.17) is 0 Å². The largest absolute Gasteiger partial charge is 0.340 e. The number of amides is 2. The van der Waals surface area contributed by atoms with Crippen LogP contribution in [0.1, 0.15) is 24.1 Å². The van der Waals surface area contributed by atoms with Crippen LogP contribution in [0.4, 0.5) is 0 Å². The molecule has 2 aliphatic rings. The van der Waals surface area contributed by atoms with Gasteiger partial charge >= 0.3 is 0 Å². The predicted octanol–water partition coefficient (Wildman–Crippen LogP) is 1.96. The van der Waals surface area contributed by atoms with Crippen molar-refractivity contribution in [1.29, 1.82) is 0 Å². The lowest BCUT2D eigenvalue weighted by Crippen LogP contribution is -2.47. The van der Waals surface area contributed by atoms with Gasteiger partial charge in [-0.1, -0.05) is 12.1 Å². The summed E-state index contributed by atoms with van der Waals surface area (Å²) in [5, 5.41) is 2.01. The molecule has 5 nitrogen and oxygen atoms in total. The third-order valence-corrected chi connectivity index (χ3v) is 5.67. The number of carbonyl (C=O) groups is 2. The van der Waals surface area contributed by atoms with Crippen molar-refractivity contribution >= 4 is 23.2 Å². The van der Waals surface area contributed by atoms with Gasteiger partial charge in [0, 0.05) is 44.0 Å². The molecule has 24 heavy (non-hydrogen) atoms. The van der Waals surface area contributed by atoms with E-state index in [0.717, 1.165) is 44.0 Å². The van der Waals surface area contributed by atoms with E-state index in [1.165, 1.54) is 0 Å². The molecule has 2 amide bonds. The van der Waals surface area contributed by atoms with E-state index in [1.54, 1.807) is 16.2 Å². The van der Waals surface area contributed by atoms with Crippen molar-refractivity contribution < 1.29 is 9.59 Å². The van der Waals surface area contributed by atoms with Gasteiger partial charge in [0.25, 0.3) is 0 Å². The van der Waals surface area contributed by atoms with E-state index < -0.39 is 0 Å². The molecule has 0 aliphatic carbocycles. The Bertz CT molecular complexity index is 587. The van der Waals surface area contributed by atoms with E-state index >= 15 is 0 Å². The molecule has 0 bridgehead atoms. The summed E-state index contributed by atoms with van der Waals surface area (Å²) >= 11 is 1.64. The Balaban J connectivity index is 1.64. The highest BCUT2D eigenvalue weighted by Gasteiger charge is 2.38. The molecule has 0 spiro atoms. The maximum atomic E-state index is 13.0. The molecule has 2 saturated heterocycles. The minimum Gasteiger partial charge on any atom is -0.340 e. The van der Waals surface area contributed by atoms with E-state index in [-0.39, 0.29) is 17.9 Å². The van der Waals surface area contributed by atoms with Crippen LogP contribution in [0, 0.1) is 0 Å². The lowest BCUT2D eigenvalue weighted by molar-refractivity contribution is -0.141. The molecule has 3 heterocycles. The SMILES string of the molecule is C=CCN1CCCN(C(=O)C2CCC(=O)N2Cc2cccs2)CC1. The van der Waals surface area contributed by atoms with Crippen LogP contribution < -0.4 is 0 Å². The molecule has 0 radical (unpaired) electrons. The summed E-state index contributed by atoms with van der Waals surface area (Å²) in [6.07, 6.45) is 4.02.